The summed E-state index contributed by atoms with van der Waals surface area (Å²) in [6.45, 7) is 3.38. The monoisotopic (exact) mass is 406 g/mol. The molecule has 0 fully saturated rings. The van der Waals surface area contributed by atoms with Crippen LogP contribution >= 0.6 is 11.8 Å². The summed E-state index contributed by atoms with van der Waals surface area (Å²) in [5.41, 5.74) is 2.59. The largest absolute Gasteiger partial charge is 0.352 e. The van der Waals surface area contributed by atoms with Gasteiger partial charge in [0.25, 0.3) is 5.91 Å². The first-order valence-electron chi connectivity index (χ1n) is 9.54. The van der Waals surface area contributed by atoms with Crippen molar-refractivity contribution in [1.82, 2.24) is 29.5 Å². The van der Waals surface area contributed by atoms with Gasteiger partial charge in [0.2, 0.25) is 0 Å². The number of nitrogens with zero attached hydrogens (tertiary/aromatic N) is 5. The lowest BCUT2D eigenvalue weighted by Gasteiger charge is -2.09. The van der Waals surface area contributed by atoms with E-state index in [9.17, 15) is 4.79 Å². The highest BCUT2D eigenvalue weighted by molar-refractivity contribution is 7.98. The first kappa shape index (κ1) is 19.2. The number of carbonyl (C=O) groups is 1. The van der Waals surface area contributed by atoms with E-state index in [1.165, 1.54) is 0 Å². The Morgan fingerprint density at radius 1 is 1.17 bits per heavy atom. The quantitative estimate of drug-likeness (QED) is 0.455. The van der Waals surface area contributed by atoms with E-state index in [0.29, 0.717) is 24.3 Å². The fourth-order valence-corrected chi connectivity index (χ4v) is 4.04. The van der Waals surface area contributed by atoms with E-state index in [-0.39, 0.29) is 5.91 Å². The Morgan fingerprint density at radius 3 is 2.90 bits per heavy atom. The van der Waals surface area contributed by atoms with E-state index in [1.807, 2.05) is 70.7 Å². The van der Waals surface area contributed by atoms with Gasteiger partial charge in [-0.1, -0.05) is 18.2 Å². The Labute approximate surface area is 173 Å². The van der Waals surface area contributed by atoms with E-state index >= 15 is 0 Å². The van der Waals surface area contributed by atoms with Crippen molar-refractivity contribution in [1.29, 1.82) is 0 Å². The molecule has 7 nitrogen and oxygen atoms in total. The minimum Gasteiger partial charge on any atom is -0.352 e. The predicted octanol–water partition coefficient (Wildman–Crippen LogP) is 3.21. The molecule has 148 valence electrons. The summed E-state index contributed by atoms with van der Waals surface area (Å²) in [5, 5.41) is 11.0. The molecular formula is C21H22N6OS. The number of carbonyl (C=O) groups excluding carboxylic acids is 1. The molecule has 1 aromatic carbocycles. The Hall–Kier alpha value is -3.13. The topological polar surface area (TPSA) is 77.1 Å². The smallest absolute Gasteiger partial charge is 0.252 e. The summed E-state index contributed by atoms with van der Waals surface area (Å²) in [6.07, 6.45) is 6.37. The normalized spacial score (nSPS) is 11.1. The van der Waals surface area contributed by atoms with Crippen LogP contribution in [0, 0.1) is 0 Å². The van der Waals surface area contributed by atoms with Crippen LogP contribution in [0.25, 0.3) is 5.65 Å². The summed E-state index contributed by atoms with van der Waals surface area (Å²) >= 11 is 1.62. The van der Waals surface area contributed by atoms with Crippen LogP contribution in [-0.4, -0.2) is 36.6 Å². The fraction of sp³-hybridized carbons (Fsp3) is 0.238. The van der Waals surface area contributed by atoms with Crippen LogP contribution in [0.15, 0.2) is 66.1 Å². The van der Waals surface area contributed by atoms with Crippen molar-refractivity contribution in [3.63, 3.8) is 0 Å². The van der Waals surface area contributed by atoms with Crippen molar-refractivity contribution in [2.24, 2.45) is 0 Å². The van der Waals surface area contributed by atoms with Gasteiger partial charge in [0.15, 0.2) is 0 Å². The number of aromatic nitrogens is 5. The highest BCUT2D eigenvalue weighted by Crippen LogP contribution is 2.26. The average molecular weight is 407 g/mol. The fourth-order valence-electron chi connectivity index (χ4n) is 3.11. The van der Waals surface area contributed by atoms with Gasteiger partial charge in [-0.05, 0) is 31.2 Å². The summed E-state index contributed by atoms with van der Waals surface area (Å²) in [4.78, 5) is 18.3. The van der Waals surface area contributed by atoms with E-state index in [2.05, 4.69) is 20.5 Å². The van der Waals surface area contributed by atoms with E-state index in [4.69, 9.17) is 0 Å². The van der Waals surface area contributed by atoms with Crippen LogP contribution in [0.2, 0.25) is 0 Å². The maximum atomic E-state index is 12.7. The first-order valence-corrected chi connectivity index (χ1v) is 10.5. The molecule has 3 aromatic heterocycles. The molecule has 29 heavy (non-hydrogen) atoms. The maximum Gasteiger partial charge on any atom is 0.252 e. The number of nitrogens with one attached hydrogen (secondary N) is 1. The molecule has 0 aliphatic rings. The SMILES string of the molecule is CCn1cnnc1CCNC(=O)c1ccccc1SCc1cn2ccccc2n1. The van der Waals surface area contributed by atoms with Gasteiger partial charge in [0.05, 0.1) is 11.3 Å². The minimum atomic E-state index is -0.0781. The van der Waals surface area contributed by atoms with Gasteiger partial charge in [-0.15, -0.1) is 22.0 Å². The number of aryl methyl sites for hydroxylation is 1. The molecular weight excluding hydrogens is 384 g/mol. The van der Waals surface area contributed by atoms with E-state index in [0.717, 1.165) is 28.6 Å². The summed E-state index contributed by atoms with van der Waals surface area (Å²) in [5.74, 6) is 1.50. The van der Waals surface area contributed by atoms with Crippen molar-refractivity contribution in [3.8, 4) is 0 Å². The van der Waals surface area contributed by atoms with Crippen molar-refractivity contribution < 1.29 is 4.79 Å². The third-order valence-electron chi connectivity index (χ3n) is 4.59. The number of benzene rings is 1. The van der Waals surface area contributed by atoms with Gasteiger partial charge >= 0.3 is 0 Å². The second-order valence-corrected chi connectivity index (χ2v) is 7.54. The molecule has 4 rings (SSSR count). The third kappa shape index (κ3) is 4.48. The Kier molecular flexibility index (Phi) is 5.90. The molecule has 0 aliphatic heterocycles. The van der Waals surface area contributed by atoms with Gasteiger partial charge < -0.3 is 14.3 Å². The maximum absolute atomic E-state index is 12.7. The number of fused-ring (bicyclic) bond motifs is 1. The third-order valence-corrected chi connectivity index (χ3v) is 5.70. The molecule has 0 radical (unpaired) electrons. The molecule has 0 spiro atoms. The highest BCUT2D eigenvalue weighted by Gasteiger charge is 2.12. The zero-order valence-electron chi connectivity index (χ0n) is 16.2. The Morgan fingerprint density at radius 2 is 2.03 bits per heavy atom. The molecule has 4 aromatic rings. The molecule has 1 N–H and O–H groups in total. The highest BCUT2D eigenvalue weighted by atomic mass is 32.2. The van der Waals surface area contributed by atoms with Crippen LogP contribution in [-0.2, 0) is 18.7 Å². The average Bonchev–Trinajstić information content (AvgIpc) is 3.38. The van der Waals surface area contributed by atoms with Gasteiger partial charge in [0.1, 0.15) is 17.8 Å². The second-order valence-electron chi connectivity index (χ2n) is 6.52. The van der Waals surface area contributed by atoms with Crippen LogP contribution in [0.4, 0.5) is 0 Å². The zero-order chi connectivity index (χ0) is 20.1. The molecule has 1 amide bonds. The molecule has 0 saturated heterocycles. The lowest BCUT2D eigenvalue weighted by Crippen LogP contribution is -2.27. The lowest BCUT2D eigenvalue weighted by atomic mass is 10.2. The van der Waals surface area contributed by atoms with Gasteiger partial charge in [-0.25, -0.2) is 4.98 Å². The first-order chi connectivity index (χ1) is 14.2. The summed E-state index contributed by atoms with van der Waals surface area (Å²) in [6, 6.07) is 13.6. The number of hydrogen-bond donors (Lipinski definition) is 1. The molecule has 0 bridgehead atoms. The molecule has 0 saturated carbocycles. The number of amides is 1. The Balaban J connectivity index is 1.38. The number of rotatable bonds is 8. The number of imidazole rings is 1. The van der Waals surface area contributed by atoms with Crippen molar-refractivity contribution >= 4 is 23.3 Å². The molecule has 8 heteroatoms. The number of thioether (sulfide) groups is 1. The predicted molar refractivity (Wildman–Crippen MR) is 113 cm³/mol. The van der Waals surface area contributed by atoms with Crippen molar-refractivity contribution in [3.05, 3.63) is 78.3 Å². The van der Waals surface area contributed by atoms with E-state index in [1.54, 1.807) is 18.1 Å². The van der Waals surface area contributed by atoms with Crippen molar-refractivity contribution in [2.75, 3.05) is 6.54 Å². The van der Waals surface area contributed by atoms with Gasteiger partial charge in [-0.2, -0.15) is 0 Å². The van der Waals surface area contributed by atoms with Crippen molar-refractivity contribution in [2.45, 2.75) is 30.5 Å². The lowest BCUT2D eigenvalue weighted by molar-refractivity contribution is 0.0951. The molecule has 0 unspecified atom stereocenters. The summed E-state index contributed by atoms with van der Waals surface area (Å²) < 4.78 is 3.98. The van der Waals surface area contributed by atoms with Crippen LogP contribution in [0.3, 0.4) is 0 Å². The molecule has 3 heterocycles. The summed E-state index contributed by atoms with van der Waals surface area (Å²) in [7, 11) is 0. The molecule has 0 atom stereocenters. The standard InChI is InChI=1S/C21H22N6OS/c1-2-26-15-23-25-20(26)10-11-22-21(28)17-7-3-4-8-18(17)29-14-16-13-27-12-6-5-9-19(27)24-16/h3-9,12-13,15H,2,10-11,14H2,1H3,(H,22,28). The van der Waals surface area contributed by atoms with Gasteiger partial charge in [0, 0.05) is 42.6 Å². The molecule has 0 aliphatic carbocycles. The van der Waals surface area contributed by atoms with Crippen LogP contribution in [0.1, 0.15) is 28.8 Å². The Bertz CT molecular complexity index is 1090. The number of hydrogen-bond acceptors (Lipinski definition) is 5. The van der Waals surface area contributed by atoms with E-state index < -0.39 is 0 Å². The minimum absolute atomic E-state index is 0.0781. The van der Waals surface area contributed by atoms with Crippen LogP contribution < -0.4 is 5.32 Å². The van der Waals surface area contributed by atoms with Crippen LogP contribution in [0.5, 0.6) is 0 Å². The zero-order valence-corrected chi connectivity index (χ0v) is 17.0. The second kappa shape index (κ2) is 8.91. The number of pyridine rings is 1. The van der Waals surface area contributed by atoms with Gasteiger partial charge in [-0.3, -0.25) is 4.79 Å².